The number of halogens is 1. The number of hydrogen-bond donors (Lipinski definition) is 2. The number of ether oxygens (including phenoxy) is 1. The van der Waals surface area contributed by atoms with Crippen LogP contribution in [0.15, 0.2) is 48.5 Å². The molecular weight excluding hydrogens is 336 g/mol. The standard InChI is InChI=1S/C20H19ClN2O2/c21-17-8-4-7-15-16-11-14(9-10-18(16)23-19(15)17)22-20(24)25-12-13-5-2-1-3-6-13/h1-8,14,23H,9-12H2,(H,22,24)/t14-/m1/s1. The fourth-order valence-electron chi connectivity index (χ4n) is 3.46. The lowest BCUT2D eigenvalue weighted by Gasteiger charge is -2.23. The number of benzene rings is 2. The number of para-hydroxylation sites is 1. The van der Waals surface area contributed by atoms with Crippen molar-refractivity contribution in [2.45, 2.75) is 31.9 Å². The van der Waals surface area contributed by atoms with Crippen LogP contribution in [0.3, 0.4) is 0 Å². The molecule has 0 aliphatic heterocycles. The normalized spacial score (nSPS) is 16.4. The zero-order valence-electron chi connectivity index (χ0n) is 13.7. The van der Waals surface area contributed by atoms with Gasteiger partial charge < -0.3 is 15.0 Å². The second-order valence-electron chi connectivity index (χ2n) is 6.39. The molecule has 2 aromatic carbocycles. The molecule has 4 rings (SSSR count). The molecule has 1 aliphatic carbocycles. The molecule has 4 nitrogen and oxygen atoms in total. The summed E-state index contributed by atoms with van der Waals surface area (Å²) in [6, 6.07) is 15.7. The predicted octanol–water partition coefficient (Wildman–Crippen LogP) is 4.61. The molecule has 0 spiro atoms. The van der Waals surface area contributed by atoms with Crippen LogP contribution in [0.5, 0.6) is 0 Å². The van der Waals surface area contributed by atoms with E-state index < -0.39 is 0 Å². The summed E-state index contributed by atoms with van der Waals surface area (Å²) in [5.74, 6) is 0. The Bertz CT molecular complexity index is 905. The summed E-state index contributed by atoms with van der Waals surface area (Å²) in [6.07, 6.45) is 2.20. The van der Waals surface area contributed by atoms with E-state index in [2.05, 4.69) is 16.4 Å². The quantitative estimate of drug-likeness (QED) is 0.722. The van der Waals surface area contributed by atoms with Crippen molar-refractivity contribution in [3.8, 4) is 0 Å². The molecule has 0 fully saturated rings. The molecule has 0 radical (unpaired) electrons. The summed E-state index contributed by atoms with van der Waals surface area (Å²) in [6.45, 7) is 0.285. The minimum Gasteiger partial charge on any atom is -0.445 e. The molecule has 0 bridgehead atoms. The number of H-pyrrole nitrogens is 1. The minimum absolute atomic E-state index is 0.0776. The summed E-state index contributed by atoms with van der Waals surface area (Å²) >= 11 is 6.28. The minimum atomic E-state index is -0.366. The Morgan fingerprint density at radius 3 is 2.88 bits per heavy atom. The molecule has 5 heteroatoms. The highest BCUT2D eigenvalue weighted by Gasteiger charge is 2.24. The maximum atomic E-state index is 12.1. The van der Waals surface area contributed by atoms with Crippen molar-refractivity contribution in [2.75, 3.05) is 0 Å². The van der Waals surface area contributed by atoms with E-state index in [0.717, 1.165) is 40.8 Å². The largest absolute Gasteiger partial charge is 0.445 e. The lowest BCUT2D eigenvalue weighted by molar-refractivity contribution is 0.134. The Morgan fingerprint density at radius 1 is 1.20 bits per heavy atom. The molecule has 2 N–H and O–H groups in total. The Balaban J connectivity index is 1.41. The zero-order valence-corrected chi connectivity index (χ0v) is 14.5. The second-order valence-corrected chi connectivity index (χ2v) is 6.80. The number of rotatable bonds is 3. The fourth-order valence-corrected chi connectivity index (χ4v) is 3.68. The molecule has 0 saturated carbocycles. The molecule has 1 aromatic heterocycles. The lowest BCUT2D eigenvalue weighted by Crippen LogP contribution is -2.39. The van der Waals surface area contributed by atoms with E-state index in [1.165, 1.54) is 11.3 Å². The molecule has 0 unspecified atom stereocenters. The molecule has 1 heterocycles. The van der Waals surface area contributed by atoms with Crippen LogP contribution in [0.25, 0.3) is 10.9 Å². The summed E-state index contributed by atoms with van der Waals surface area (Å²) in [5.41, 5.74) is 4.44. The first kappa shape index (κ1) is 16.0. The molecule has 1 aliphatic rings. The van der Waals surface area contributed by atoms with Gasteiger partial charge in [-0.05, 0) is 36.5 Å². The monoisotopic (exact) mass is 354 g/mol. The van der Waals surface area contributed by atoms with Crippen molar-refractivity contribution in [3.05, 3.63) is 70.4 Å². The summed E-state index contributed by atoms with van der Waals surface area (Å²) in [7, 11) is 0. The van der Waals surface area contributed by atoms with Crippen molar-refractivity contribution in [3.63, 3.8) is 0 Å². The van der Waals surface area contributed by atoms with Gasteiger partial charge in [-0.15, -0.1) is 0 Å². The van der Waals surface area contributed by atoms with Crippen molar-refractivity contribution in [2.24, 2.45) is 0 Å². The fraction of sp³-hybridized carbons (Fsp3) is 0.250. The van der Waals surface area contributed by atoms with Crippen LogP contribution in [0.1, 0.15) is 23.2 Å². The van der Waals surface area contributed by atoms with Crippen molar-refractivity contribution < 1.29 is 9.53 Å². The number of carbonyl (C=O) groups is 1. The van der Waals surface area contributed by atoms with E-state index in [9.17, 15) is 4.79 Å². The topological polar surface area (TPSA) is 54.1 Å². The molecule has 1 atom stereocenters. The highest BCUT2D eigenvalue weighted by molar-refractivity contribution is 6.35. The number of aromatic nitrogens is 1. The van der Waals surface area contributed by atoms with Crippen molar-refractivity contribution in [1.82, 2.24) is 10.3 Å². The van der Waals surface area contributed by atoms with Gasteiger partial charge in [0, 0.05) is 17.1 Å². The molecule has 1 amide bonds. The van der Waals surface area contributed by atoms with Crippen molar-refractivity contribution in [1.29, 1.82) is 0 Å². The Kier molecular flexibility index (Phi) is 4.36. The van der Waals surface area contributed by atoms with E-state index >= 15 is 0 Å². The van der Waals surface area contributed by atoms with Gasteiger partial charge in [0.2, 0.25) is 0 Å². The Hall–Kier alpha value is -2.46. The molecule has 0 saturated heterocycles. The first-order valence-corrected chi connectivity index (χ1v) is 8.83. The number of aryl methyl sites for hydroxylation is 1. The van der Waals surface area contributed by atoms with Gasteiger partial charge in [0.05, 0.1) is 10.5 Å². The Labute approximate surface area is 151 Å². The summed E-state index contributed by atoms with van der Waals surface area (Å²) in [5, 5.41) is 4.87. The predicted molar refractivity (Wildman–Crippen MR) is 98.9 cm³/mol. The summed E-state index contributed by atoms with van der Waals surface area (Å²) in [4.78, 5) is 15.5. The summed E-state index contributed by atoms with van der Waals surface area (Å²) < 4.78 is 5.33. The first-order valence-electron chi connectivity index (χ1n) is 8.46. The van der Waals surface area contributed by atoms with Gasteiger partial charge in [0.15, 0.2) is 0 Å². The van der Waals surface area contributed by atoms with Crippen LogP contribution >= 0.6 is 11.6 Å². The smallest absolute Gasteiger partial charge is 0.407 e. The van der Waals surface area contributed by atoms with Crippen LogP contribution in [0.2, 0.25) is 5.02 Å². The van der Waals surface area contributed by atoms with Crippen LogP contribution in [0, 0.1) is 0 Å². The maximum Gasteiger partial charge on any atom is 0.407 e. The first-order chi connectivity index (χ1) is 12.2. The second kappa shape index (κ2) is 6.81. The zero-order chi connectivity index (χ0) is 17.2. The van der Waals surface area contributed by atoms with Gasteiger partial charge in [-0.1, -0.05) is 54.1 Å². The third-order valence-corrected chi connectivity index (χ3v) is 5.02. The van der Waals surface area contributed by atoms with Crippen molar-refractivity contribution >= 4 is 28.6 Å². The van der Waals surface area contributed by atoms with Gasteiger partial charge in [0.25, 0.3) is 0 Å². The number of carbonyl (C=O) groups excluding carboxylic acids is 1. The van der Waals surface area contributed by atoms with Crippen LogP contribution < -0.4 is 5.32 Å². The number of hydrogen-bond acceptors (Lipinski definition) is 2. The van der Waals surface area contributed by atoms with E-state index in [0.29, 0.717) is 0 Å². The van der Waals surface area contributed by atoms with Gasteiger partial charge >= 0.3 is 6.09 Å². The van der Waals surface area contributed by atoms with E-state index in [1.807, 2.05) is 42.5 Å². The number of amides is 1. The number of nitrogens with one attached hydrogen (secondary N) is 2. The van der Waals surface area contributed by atoms with Gasteiger partial charge in [0.1, 0.15) is 6.61 Å². The average Bonchev–Trinajstić information content (AvgIpc) is 3.01. The highest BCUT2D eigenvalue weighted by Crippen LogP contribution is 2.32. The molecular formula is C20H19ClN2O2. The number of fused-ring (bicyclic) bond motifs is 3. The van der Waals surface area contributed by atoms with Gasteiger partial charge in [-0.25, -0.2) is 4.79 Å². The van der Waals surface area contributed by atoms with Gasteiger partial charge in [-0.3, -0.25) is 0 Å². The Morgan fingerprint density at radius 2 is 2.04 bits per heavy atom. The maximum absolute atomic E-state index is 12.1. The van der Waals surface area contributed by atoms with Crippen LogP contribution in [-0.2, 0) is 24.2 Å². The SMILES string of the molecule is O=C(N[C@@H]1CCc2[nH]c3c(Cl)cccc3c2C1)OCc1ccccc1. The van der Waals surface area contributed by atoms with E-state index in [-0.39, 0.29) is 18.7 Å². The van der Waals surface area contributed by atoms with E-state index in [4.69, 9.17) is 16.3 Å². The molecule has 25 heavy (non-hydrogen) atoms. The lowest BCUT2D eigenvalue weighted by atomic mass is 9.91. The van der Waals surface area contributed by atoms with Crippen LogP contribution in [-0.4, -0.2) is 17.1 Å². The highest BCUT2D eigenvalue weighted by atomic mass is 35.5. The van der Waals surface area contributed by atoms with E-state index in [1.54, 1.807) is 0 Å². The molecule has 3 aromatic rings. The third kappa shape index (κ3) is 3.35. The number of alkyl carbamates (subject to hydrolysis) is 1. The average molecular weight is 355 g/mol. The molecule has 128 valence electrons. The number of aromatic amines is 1. The van der Waals surface area contributed by atoms with Gasteiger partial charge in [-0.2, -0.15) is 0 Å². The van der Waals surface area contributed by atoms with Crippen LogP contribution in [0.4, 0.5) is 4.79 Å². The third-order valence-electron chi connectivity index (χ3n) is 4.71.